The van der Waals surface area contributed by atoms with E-state index in [-0.39, 0.29) is 0 Å². The average Bonchev–Trinajstić information content (AvgIpc) is 2.48. The summed E-state index contributed by atoms with van der Waals surface area (Å²) in [5.74, 6) is 1.12. The third kappa shape index (κ3) is 3.45. The predicted molar refractivity (Wildman–Crippen MR) is 76.6 cm³/mol. The molecule has 19 heavy (non-hydrogen) atoms. The number of fused-ring (bicyclic) bond motifs is 1. The van der Waals surface area contributed by atoms with Gasteiger partial charge in [-0.05, 0) is 43.9 Å². The minimum atomic E-state index is 0.890. The fourth-order valence-electron chi connectivity index (χ4n) is 2.82. The standard InChI is InChI=1S/C15H23N3O/c1-3-13-5-6-14(17-15(13)16-7-1)4-2-8-18-9-11-19-12-10-18/h5-6H,1-4,7-12H2,(H,16,17). The first-order chi connectivity index (χ1) is 9.42. The first-order valence-corrected chi connectivity index (χ1v) is 7.44. The van der Waals surface area contributed by atoms with E-state index in [0.29, 0.717) is 0 Å². The number of ether oxygens (including phenoxy) is 1. The van der Waals surface area contributed by atoms with Crippen molar-refractivity contribution in [1.82, 2.24) is 9.88 Å². The van der Waals surface area contributed by atoms with Crippen molar-refractivity contribution in [2.75, 3.05) is 44.7 Å². The first kappa shape index (κ1) is 12.9. The summed E-state index contributed by atoms with van der Waals surface area (Å²) in [6, 6.07) is 4.45. The molecule has 1 aromatic rings. The number of aryl methyl sites for hydroxylation is 2. The molecular weight excluding hydrogens is 238 g/mol. The lowest BCUT2D eigenvalue weighted by molar-refractivity contribution is 0.0374. The number of anilines is 1. The highest BCUT2D eigenvalue weighted by Gasteiger charge is 2.12. The molecular formula is C15H23N3O. The number of hydrogen-bond acceptors (Lipinski definition) is 4. The van der Waals surface area contributed by atoms with Crippen LogP contribution in [0.4, 0.5) is 5.82 Å². The van der Waals surface area contributed by atoms with Gasteiger partial charge in [-0.15, -0.1) is 0 Å². The summed E-state index contributed by atoms with van der Waals surface area (Å²) in [5, 5.41) is 3.40. The molecule has 1 saturated heterocycles. The van der Waals surface area contributed by atoms with Crippen LogP contribution in [0.1, 0.15) is 24.1 Å². The van der Waals surface area contributed by atoms with Gasteiger partial charge in [0.1, 0.15) is 5.82 Å². The third-order valence-corrected chi connectivity index (χ3v) is 3.96. The van der Waals surface area contributed by atoms with Crippen molar-refractivity contribution in [2.24, 2.45) is 0 Å². The van der Waals surface area contributed by atoms with E-state index in [0.717, 1.165) is 51.6 Å². The number of rotatable bonds is 4. The molecule has 4 nitrogen and oxygen atoms in total. The molecule has 1 aromatic heterocycles. The van der Waals surface area contributed by atoms with E-state index >= 15 is 0 Å². The van der Waals surface area contributed by atoms with Gasteiger partial charge in [-0.25, -0.2) is 4.98 Å². The molecule has 1 N–H and O–H groups in total. The maximum Gasteiger partial charge on any atom is 0.129 e. The molecule has 0 aromatic carbocycles. The predicted octanol–water partition coefficient (Wildman–Crippen LogP) is 1.70. The smallest absolute Gasteiger partial charge is 0.129 e. The largest absolute Gasteiger partial charge is 0.379 e. The molecule has 0 atom stereocenters. The highest BCUT2D eigenvalue weighted by molar-refractivity contribution is 5.46. The Morgan fingerprint density at radius 3 is 3.05 bits per heavy atom. The van der Waals surface area contributed by atoms with Crippen LogP contribution in [0.25, 0.3) is 0 Å². The normalized spacial score (nSPS) is 19.8. The van der Waals surface area contributed by atoms with E-state index in [1.807, 2.05) is 0 Å². The lowest BCUT2D eigenvalue weighted by Gasteiger charge is -2.26. The molecule has 3 rings (SSSR count). The van der Waals surface area contributed by atoms with Crippen LogP contribution >= 0.6 is 0 Å². The van der Waals surface area contributed by atoms with Gasteiger partial charge in [-0.2, -0.15) is 0 Å². The summed E-state index contributed by atoms with van der Waals surface area (Å²) in [7, 11) is 0. The fraction of sp³-hybridized carbons (Fsp3) is 0.667. The molecule has 0 unspecified atom stereocenters. The van der Waals surface area contributed by atoms with Crippen LogP contribution in [0.15, 0.2) is 12.1 Å². The second-order valence-corrected chi connectivity index (χ2v) is 5.40. The van der Waals surface area contributed by atoms with Crippen molar-refractivity contribution in [3.63, 3.8) is 0 Å². The van der Waals surface area contributed by atoms with E-state index in [9.17, 15) is 0 Å². The van der Waals surface area contributed by atoms with Crippen LogP contribution in [0, 0.1) is 0 Å². The van der Waals surface area contributed by atoms with Crippen molar-refractivity contribution >= 4 is 5.82 Å². The lowest BCUT2D eigenvalue weighted by Crippen LogP contribution is -2.36. The summed E-state index contributed by atoms with van der Waals surface area (Å²) in [5.41, 5.74) is 2.60. The molecule has 0 saturated carbocycles. The van der Waals surface area contributed by atoms with Crippen molar-refractivity contribution in [2.45, 2.75) is 25.7 Å². The summed E-state index contributed by atoms with van der Waals surface area (Å²) in [6.45, 7) is 6.17. The van der Waals surface area contributed by atoms with Crippen molar-refractivity contribution in [3.05, 3.63) is 23.4 Å². The molecule has 2 aliphatic rings. The quantitative estimate of drug-likeness (QED) is 0.895. The molecule has 1 fully saturated rings. The Morgan fingerprint density at radius 1 is 1.26 bits per heavy atom. The highest BCUT2D eigenvalue weighted by atomic mass is 16.5. The van der Waals surface area contributed by atoms with E-state index in [1.54, 1.807) is 0 Å². The highest BCUT2D eigenvalue weighted by Crippen LogP contribution is 2.20. The van der Waals surface area contributed by atoms with Gasteiger partial charge in [0.2, 0.25) is 0 Å². The summed E-state index contributed by atoms with van der Waals surface area (Å²) in [4.78, 5) is 7.23. The molecule has 4 heteroatoms. The molecule has 0 amide bonds. The van der Waals surface area contributed by atoms with Gasteiger partial charge in [-0.3, -0.25) is 4.90 Å². The maximum absolute atomic E-state index is 5.36. The van der Waals surface area contributed by atoms with E-state index < -0.39 is 0 Å². The summed E-state index contributed by atoms with van der Waals surface area (Å²) >= 11 is 0. The topological polar surface area (TPSA) is 37.4 Å². The Morgan fingerprint density at radius 2 is 2.16 bits per heavy atom. The Bertz CT molecular complexity index is 416. The average molecular weight is 261 g/mol. The first-order valence-electron chi connectivity index (χ1n) is 7.44. The van der Waals surface area contributed by atoms with E-state index in [2.05, 4.69) is 22.3 Å². The molecule has 2 aliphatic heterocycles. The van der Waals surface area contributed by atoms with Crippen LogP contribution in [-0.4, -0.2) is 49.3 Å². The van der Waals surface area contributed by atoms with Gasteiger partial charge in [0.05, 0.1) is 13.2 Å². The van der Waals surface area contributed by atoms with Gasteiger partial charge in [0, 0.05) is 25.3 Å². The van der Waals surface area contributed by atoms with E-state index in [4.69, 9.17) is 9.72 Å². The lowest BCUT2D eigenvalue weighted by atomic mass is 10.1. The number of morpholine rings is 1. The van der Waals surface area contributed by atoms with Crippen molar-refractivity contribution in [1.29, 1.82) is 0 Å². The Hall–Kier alpha value is -1.13. The van der Waals surface area contributed by atoms with Crippen LogP contribution in [0.5, 0.6) is 0 Å². The van der Waals surface area contributed by atoms with E-state index in [1.165, 1.54) is 30.5 Å². The van der Waals surface area contributed by atoms with Crippen LogP contribution in [0.3, 0.4) is 0 Å². The minimum absolute atomic E-state index is 0.890. The van der Waals surface area contributed by atoms with Crippen molar-refractivity contribution in [3.8, 4) is 0 Å². The zero-order chi connectivity index (χ0) is 12.9. The Balaban J connectivity index is 1.49. The maximum atomic E-state index is 5.36. The molecule has 0 aliphatic carbocycles. The molecule has 0 radical (unpaired) electrons. The van der Waals surface area contributed by atoms with Gasteiger partial charge >= 0.3 is 0 Å². The number of hydrogen-bond donors (Lipinski definition) is 1. The second kappa shape index (κ2) is 6.35. The van der Waals surface area contributed by atoms with Crippen LogP contribution in [0.2, 0.25) is 0 Å². The Kier molecular flexibility index (Phi) is 4.30. The number of nitrogens with one attached hydrogen (secondary N) is 1. The summed E-state index contributed by atoms with van der Waals surface area (Å²) < 4.78 is 5.36. The molecule has 3 heterocycles. The molecule has 0 bridgehead atoms. The van der Waals surface area contributed by atoms with Crippen molar-refractivity contribution < 1.29 is 4.74 Å². The van der Waals surface area contributed by atoms with Gasteiger partial charge in [-0.1, -0.05) is 6.07 Å². The zero-order valence-corrected chi connectivity index (χ0v) is 11.5. The van der Waals surface area contributed by atoms with Crippen LogP contribution < -0.4 is 5.32 Å². The van der Waals surface area contributed by atoms with Gasteiger partial charge in [0.15, 0.2) is 0 Å². The zero-order valence-electron chi connectivity index (χ0n) is 11.5. The SMILES string of the molecule is c1cc2c(nc1CCCN1CCOCC1)NCCC2. The third-order valence-electron chi connectivity index (χ3n) is 3.96. The second-order valence-electron chi connectivity index (χ2n) is 5.40. The van der Waals surface area contributed by atoms with Gasteiger partial charge in [0.25, 0.3) is 0 Å². The molecule has 104 valence electrons. The van der Waals surface area contributed by atoms with Crippen LogP contribution in [-0.2, 0) is 17.6 Å². The number of nitrogens with zero attached hydrogens (tertiary/aromatic N) is 2. The fourth-order valence-corrected chi connectivity index (χ4v) is 2.82. The minimum Gasteiger partial charge on any atom is -0.379 e. The molecule has 0 spiro atoms. The monoisotopic (exact) mass is 261 g/mol. The number of pyridine rings is 1. The number of aromatic nitrogens is 1. The summed E-state index contributed by atoms with van der Waals surface area (Å²) in [6.07, 6.45) is 4.66. The van der Waals surface area contributed by atoms with Gasteiger partial charge < -0.3 is 10.1 Å². The Labute approximate surface area is 115 Å².